The number of pyridine rings is 1. The minimum Gasteiger partial charge on any atom is -0.507 e. The van der Waals surface area contributed by atoms with Gasteiger partial charge in [0.2, 0.25) is 0 Å². The summed E-state index contributed by atoms with van der Waals surface area (Å²) >= 11 is 0. The summed E-state index contributed by atoms with van der Waals surface area (Å²) in [5.41, 5.74) is 1.02. The van der Waals surface area contributed by atoms with Crippen LogP contribution in [0.15, 0.2) is 54.9 Å². The summed E-state index contributed by atoms with van der Waals surface area (Å²) in [5, 5.41) is 22.2. The van der Waals surface area contributed by atoms with Crippen LogP contribution in [0.2, 0.25) is 0 Å². The number of nitro groups is 1. The molecule has 5 nitrogen and oxygen atoms in total. The van der Waals surface area contributed by atoms with E-state index in [1.165, 1.54) is 18.5 Å². The first kappa shape index (κ1) is 12.1. The molecule has 1 heterocycles. The molecule has 0 saturated carbocycles. The number of benzene rings is 2. The Kier molecular flexibility index (Phi) is 2.80. The third-order valence-electron chi connectivity index (χ3n) is 3.16. The first-order valence-corrected chi connectivity index (χ1v) is 5.98. The van der Waals surface area contributed by atoms with Crippen molar-refractivity contribution in [1.29, 1.82) is 0 Å². The summed E-state index contributed by atoms with van der Waals surface area (Å²) in [6.45, 7) is 0. The van der Waals surface area contributed by atoms with Gasteiger partial charge in [-0.15, -0.1) is 0 Å². The molecule has 0 bridgehead atoms. The Morgan fingerprint density at radius 2 is 1.85 bits per heavy atom. The van der Waals surface area contributed by atoms with Crippen LogP contribution in [0, 0.1) is 10.1 Å². The maximum Gasteiger partial charge on any atom is 0.286 e. The zero-order valence-electron chi connectivity index (χ0n) is 10.4. The van der Waals surface area contributed by atoms with E-state index in [0.717, 1.165) is 0 Å². The number of fused-ring (bicyclic) bond motifs is 1. The van der Waals surface area contributed by atoms with Crippen LogP contribution in [0.25, 0.3) is 21.9 Å². The van der Waals surface area contributed by atoms with Crippen LogP contribution in [0.3, 0.4) is 0 Å². The Balaban J connectivity index is 2.43. The second kappa shape index (κ2) is 4.62. The van der Waals surface area contributed by atoms with Crippen molar-refractivity contribution in [1.82, 2.24) is 4.98 Å². The van der Waals surface area contributed by atoms with Gasteiger partial charge >= 0.3 is 0 Å². The van der Waals surface area contributed by atoms with Gasteiger partial charge in [0.25, 0.3) is 5.69 Å². The fourth-order valence-electron chi connectivity index (χ4n) is 2.27. The van der Waals surface area contributed by atoms with Gasteiger partial charge in [0.05, 0.1) is 15.9 Å². The Labute approximate surface area is 114 Å². The number of aromatic nitrogens is 1. The van der Waals surface area contributed by atoms with E-state index in [4.69, 9.17) is 0 Å². The molecule has 0 fully saturated rings. The third-order valence-corrected chi connectivity index (χ3v) is 3.16. The van der Waals surface area contributed by atoms with Gasteiger partial charge < -0.3 is 5.11 Å². The fourth-order valence-corrected chi connectivity index (χ4v) is 2.27. The lowest BCUT2D eigenvalue weighted by Crippen LogP contribution is -1.94. The van der Waals surface area contributed by atoms with Crippen LogP contribution in [0.4, 0.5) is 5.69 Å². The van der Waals surface area contributed by atoms with E-state index in [2.05, 4.69) is 4.98 Å². The molecule has 3 rings (SSSR count). The van der Waals surface area contributed by atoms with Gasteiger partial charge in [-0.25, -0.2) is 0 Å². The van der Waals surface area contributed by atoms with Gasteiger partial charge in [-0.05, 0) is 17.7 Å². The molecule has 1 N–H and O–H groups in total. The molecule has 0 saturated heterocycles. The Bertz CT molecular complexity index is 801. The molecule has 5 heteroatoms. The van der Waals surface area contributed by atoms with Gasteiger partial charge in [0.15, 0.2) is 0 Å². The van der Waals surface area contributed by atoms with Gasteiger partial charge in [0, 0.05) is 17.8 Å². The molecule has 98 valence electrons. The predicted molar refractivity (Wildman–Crippen MR) is 75.5 cm³/mol. The van der Waals surface area contributed by atoms with Crippen LogP contribution in [0.1, 0.15) is 0 Å². The van der Waals surface area contributed by atoms with E-state index >= 15 is 0 Å². The molecular weight excluding hydrogens is 256 g/mol. The van der Waals surface area contributed by atoms with E-state index < -0.39 is 4.92 Å². The molecule has 0 atom stereocenters. The zero-order valence-corrected chi connectivity index (χ0v) is 10.4. The summed E-state index contributed by atoms with van der Waals surface area (Å²) in [5.74, 6) is 0.00635. The number of nitro benzene ring substituents is 1. The molecule has 3 aromatic rings. The summed E-state index contributed by atoms with van der Waals surface area (Å²) in [6.07, 6.45) is 2.90. The number of nitrogens with zero attached hydrogens (tertiary/aromatic N) is 2. The zero-order chi connectivity index (χ0) is 14.1. The van der Waals surface area contributed by atoms with Gasteiger partial charge in [-0.3, -0.25) is 15.1 Å². The average Bonchev–Trinajstić information content (AvgIpc) is 2.47. The Morgan fingerprint density at radius 3 is 2.55 bits per heavy atom. The maximum atomic E-state index is 11.4. The van der Waals surface area contributed by atoms with E-state index in [1.54, 1.807) is 30.3 Å². The highest BCUT2D eigenvalue weighted by Gasteiger charge is 2.22. The van der Waals surface area contributed by atoms with Gasteiger partial charge in [-0.2, -0.15) is 0 Å². The topological polar surface area (TPSA) is 76.3 Å². The van der Waals surface area contributed by atoms with Crippen molar-refractivity contribution in [2.24, 2.45) is 0 Å². The monoisotopic (exact) mass is 266 g/mol. The Hall–Kier alpha value is -2.95. The van der Waals surface area contributed by atoms with Crippen LogP contribution >= 0.6 is 0 Å². The molecule has 0 unspecified atom stereocenters. The molecule has 0 amide bonds. The van der Waals surface area contributed by atoms with Crippen molar-refractivity contribution in [2.45, 2.75) is 0 Å². The number of aromatic hydroxyl groups is 1. The highest BCUT2D eigenvalue weighted by Crippen LogP contribution is 2.40. The highest BCUT2D eigenvalue weighted by molar-refractivity contribution is 6.01. The van der Waals surface area contributed by atoms with Crippen molar-refractivity contribution in [3.63, 3.8) is 0 Å². The molecule has 0 aliphatic rings. The first-order chi connectivity index (χ1) is 9.68. The molecule has 0 aliphatic heterocycles. The highest BCUT2D eigenvalue weighted by atomic mass is 16.6. The van der Waals surface area contributed by atoms with Gasteiger partial charge in [-0.1, -0.05) is 30.3 Å². The number of rotatable bonds is 2. The lowest BCUT2D eigenvalue weighted by atomic mass is 9.99. The van der Waals surface area contributed by atoms with Crippen molar-refractivity contribution >= 4 is 16.5 Å². The van der Waals surface area contributed by atoms with E-state index in [9.17, 15) is 15.2 Å². The minimum absolute atomic E-state index is 0.00635. The summed E-state index contributed by atoms with van der Waals surface area (Å²) in [7, 11) is 0. The van der Waals surface area contributed by atoms with Crippen LogP contribution in [0.5, 0.6) is 5.75 Å². The molecule has 2 aromatic carbocycles. The SMILES string of the molecule is O=[N+]([O-])c1c(-c2ccccc2)cc(O)c2ccncc12. The third kappa shape index (κ3) is 1.85. The first-order valence-electron chi connectivity index (χ1n) is 5.98. The van der Waals surface area contributed by atoms with Gasteiger partial charge in [0.1, 0.15) is 5.75 Å². The summed E-state index contributed by atoms with van der Waals surface area (Å²) in [6, 6.07) is 11.9. The molecule has 0 spiro atoms. The summed E-state index contributed by atoms with van der Waals surface area (Å²) in [4.78, 5) is 14.9. The molecule has 1 aromatic heterocycles. The van der Waals surface area contributed by atoms with Crippen molar-refractivity contribution in [3.05, 3.63) is 65.0 Å². The lowest BCUT2D eigenvalue weighted by molar-refractivity contribution is -0.382. The van der Waals surface area contributed by atoms with Crippen molar-refractivity contribution in [2.75, 3.05) is 0 Å². The standard InChI is InChI=1S/C15H10N2O3/c18-14-8-12(10-4-2-1-3-5-10)15(17(19)20)13-9-16-7-6-11(13)14/h1-9,18H. The number of phenolic OH excluding ortho intramolecular Hbond substituents is 1. The second-order valence-corrected chi connectivity index (χ2v) is 4.34. The quantitative estimate of drug-likeness (QED) is 0.568. The van der Waals surface area contributed by atoms with Crippen LogP contribution < -0.4 is 0 Å². The van der Waals surface area contributed by atoms with Crippen molar-refractivity contribution in [3.8, 4) is 16.9 Å². The molecule has 20 heavy (non-hydrogen) atoms. The number of hydrogen-bond donors (Lipinski definition) is 1. The van der Waals surface area contributed by atoms with Crippen LogP contribution in [-0.2, 0) is 0 Å². The van der Waals surface area contributed by atoms with E-state index in [-0.39, 0.29) is 11.4 Å². The molecular formula is C15H10N2O3. The Morgan fingerprint density at radius 1 is 1.10 bits per heavy atom. The lowest BCUT2D eigenvalue weighted by Gasteiger charge is -2.08. The smallest absolute Gasteiger partial charge is 0.286 e. The average molecular weight is 266 g/mol. The van der Waals surface area contributed by atoms with E-state index in [0.29, 0.717) is 21.9 Å². The predicted octanol–water partition coefficient (Wildman–Crippen LogP) is 3.52. The summed E-state index contributed by atoms with van der Waals surface area (Å²) < 4.78 is 0. The number of hydrogen-bond acceptors (Lipinski definition) is 4. The normalized spacial score (nSPS) is 10.6. The maximum absolute atomic E-state index is 11.4. The van der Waals surface area contributed by atoms with E-state index in [1.807, 2.05) is 6.07 Å². The largest absolute Gasteiger partial charge is 0.507 e. The van der Waals surface area contributed by atoms with Crippen LogP contribution in [-0.4, -0.2) is 15.0 Å². The van der Waals surface area contributed by atoms with Crippen molar-refractivity contribution < 1.29 is 10.0 Å². The molecule has 0 radical (unpaired) electrons. The molecule has 0 aliphatic carbocycles. The number of phenols is 1. The minimum atomic E-state index is -0.439. The fraction of sp³-hybridized carbons (Fsp3) is 0. The second-order valence-electron chi connectivity index (χ2n) is 4.34.